The number of ether oxygens (including phenoxy) is 1. The van der Waals surface area contributed by atoms with E-state index in [0.29, 0.717) is 26.6 Å². The molecule has 7 heteroatoms. The lowest BCUT2D eigenvalue weighted by Gasteiger charge is -2.03. The van der Waals surface area contributed by atoms with Crippen LogP contribution in [-0.4, -0.2) is 23.8 Å². The van der Waals surface area contributed by atoms with Crippen LogP contribution in [0, 0.1) is 0 Å². The molecule has 1 aliphatic rings. The number of allylic oxidation sites excluding steroid dienone is 1. The third-order valence-electron chi connectivity index (χ3n) is 3.10. The van der Waals surface area contributed by atoms with Crippen LogP contribution in [0.2, 0.25) is 0 Å². The Morgan fingerprint density at radius 2 is 2.09 bits per heavy atom. The van der Waals surface area contributed by atoms with Crippen molar-refractivity contribution in [1.29, 1.82) is 0 Å². The number of amides is 1. The normalized spacial score (nSPS) is 14.7. The van der Waals surface area contributed by atoms with Gasteiger partial charge in [-0.1, -0.05) is 12.1 Å². The van der Waals surface area contributed by atoms with Crippen molar-refractivity contribution in [3.63, 3.8) is 0 Å². The average molecular weight is 372 g/mol. The molecule has 0 atom stereocenters. The summed E-state index contributed by atoms with van der Waals surface area (Å²) in [5.74, 6) is -0.372. The van der Waals surface area contributed by atoms with E-state index >= 15 is 0 Å². The molecule has 6 nitrogen and oxygen atoms in total. The lowest BCUT2D eigenvalue weighted by Crippen LogP contribution is -2.33. The lowest BCUT2D eigenvalue weighted by atomic mass is 10.1. The molecule has 3 rings (SSSR count). The average Bonchev–Trinajstić information content (AvgIpc) is 2.55. The fourth-order valence-electron chi connectivity index (χ4n) is 2.00. The first-order valence-electron chi connectivity index (χ1n) is 6.60. The Kier molecular flexibility index (Phi) is 4.12. The number of carbonyl (C=O) groups is 2. The zero-order valence-corrected chi connectivity index (χ0v) is 13.6. The molecule has 1 amide bonds. The van der Waals surface area contributed by atoms with Gasteiger partial charge >= 0.3 is 0 Å². The van der Waals surface area contributed by atoms with Gasteiger partial charge in [-0.15, -0.1) is 0 Å². The number of hydrogen-bond acceptors (Lipinski definition) is 5. The van der Waals surface area contributed by atoms with E-state index in [-0.39, 0.29) is 11.5 Å². The topological polar surface area (TPSA) is 81.0 Å². The van der Waals surface area contributed by atoms with Crippen molar-refractivity contribution < 1.29 is 14.3 Å². The first-order chi connectivity index (χ1) is 11.1. The lowest BCUT2D eigenvalue weighted by molar-refractivity contribution is -0.114. The molecule has 0 unspecified atom stereocenters. The fraction of sp³-hybridized carbons (Fsp3) is 0.0625. The van der Waals surface area contributed by atoms with Gasteiger partial charge in [-0.3, -0.25) is 9.59 Å². The minimum absolute atomic E-state index is 0.0415. The number of rotatable bonds is 3. The Hall–Kier alpha value is -2.67. The van der Waals surface area contributed by atoms with E-state index in [1.807, 2.05) is 0 Å². The Balaban J connectivity index is 2.00. The van der Waals surface area contributed by atoms with E-state index in [1.54, 1.807) is 36.5 Å². The Bertz CT molecular complexity index is 967. The minimum Gasteiger partial charge on any atom is -0.497 e. The molecule has 2 aromatic rings. The number of carbonyl (C=O) groups excluding carboxylic acids is 2. The molecule has 1 aromatic carbocycles. The van der Waals surface area contributed by atoms with Gasteiger partial charge in [0.2, 0.25) is 0 Å². The van der Waals surface area contributed by atoms with Crippen LogP contribution in [0.3, 0.4) is 0 Å². The summed E-state index contributed by atoms with van der Waals surface area (Å²) in [6, 6.07) is 8.30. The number of methoxy groups -OCH3 is 1. The van der Waals surface area contributed by atoms with Crippen molar-refractivity contribution in [1.82, 2.24) is 4.98 Å². The number of ketones is 1. The van der Waals surface area contributed by atoms with Gasteiger partial charge in [0.05, 0.1) is 7.11 Å². The van der Waals surface area contributed by atoms with Gasteiger partial charge in [-0.2, -0.15) is 0 Å². The van der Waals surface area contributed by atoms with Crippen molar-refractivity contribution in [2.24, 2.45) is 9.98 Å². The predicted octanol–water partition coefficient (Wildman–Crippen LogP) is 1.40. The Morgan fingerprint density at radius 1 is 1.26 bits per heavy atom. The quantitative estimate of drug-likeness (QED) is 0.603. The molecular formula is C16H10BrN3O3. The van der Waals surface area contributed by atoms with Crippen LogP contribution in [0.5, 0.6) is 5.75 Å². The van der Waals surface area contributed by atoms with Gasteiger partial charge in [-0.05, 0) is 34.1 Å². The van der Waals surface area contributed by atoms with Crippen LogP contribution >= 0.6 is 15.9 Å². The van der Waals surface area contributed by atoms with Crippen molar-refractivity contribution in [2.75, 3.05) is 7.11 Å². The smallest absolute Gasteiger partial charge is 0.296 e. The van der Waals surface area contributed by atoms with Crippen LogP contribution < -0.4 is 15.6 Å². The summed E-state index contributed by atoms with van der Waals surface area (Å²) in [6.45, 7) is 0. The Morgan fingerprint density at radius 3 is 2.87 bits per heavy atom. The summed E-state index contributed by atoms with van der Waals surface area (Å²) in [5, 5.41) is 0.371. The highest BCUT2D eigenvalue weighted by Gasteiger charge is 2.15. The first-order valence-corrected chi connectivity index (χ1v) is 7.39. The van der Waals surface area contributed by atoms with Crippen LogP contribution in [0.1, 0.15) is 10.4 Å². The third kappa shape index (κ3) is 3.24. The van der Waals surface area contributed by atoms with Crippen LogP contribution in [0.4, 0.5) is 0 Å². The first kappa shape index (κ1) is 15.2. The van der Waals surface area contributed by atoms with Gasteiger partial charge in [0.15, 0.2) is 11.3 Å². The second-order valence-corrected chi connectivity index (χ2v) is 5.57. The summed E-state index contributed by atoms with van der Waals surface area (Å²) < 4.78 is 5.77. The summed E-state index contributed by atoms with van der Waals surface area (Å²) in [7, 11) is 1.52. The van der Waals surface area contributed by atoms with E-state index in [1.165, 1.54) is 7.11 Å². The molecule has 2 heterocycles. The Labute approximate surface area is 139 Å². The highest BCUT2D eigenvalue weighted by molar-refractivity contribution is 9.10. The molecule has 1 aliphatic heterocycles. The number of halogens is 1. The summed E-state index contributed by atoms with van der Waals surface area (Å²) >= 11 is 3.25. The van der Waals surface area contributed by atoms with E-state index in [4.69, 9.17) is 4.74 Å². The predicted molar refractivity (Wildman–Crippen MR) is 84.7 cm³/mol. The molecule has 0 spiro atoms. The molecule has 0 fully saturated rings. The molecule has 0 saturated carbocycles. The number of pyridine rings is 1. The zero-order chi connectivity index (χ0) is 16.4. The maximum Gasteiger partial charge on any atom is 0.296 e. The van der Waals surface area contributed by atoms with Gasteiger partial charge in [0.25, 0.3) is 5.91 Å². The highest BCUT2D eigenvalue weighted by Crippen LogP contribution is 2.14. The summed E-state index contributed by atoms with van der Waals surface area (Å²) in [5.41, 5.74) is 0.659. The zero-order valence-electron chi connectivity index (χ0n) is 12.0. The van der Waals surface area contributed by atoms with E-state index in [0.717, 1.165) is 6.08 Å². The van der Waals surface area contributed by atoms with Gasteiger partial charge in [0, 0.05) is 22.3 Å². The summed E-state index contributed by atoms with van der Waals surface area (Å²) in [4.78, 5) is 36.4. The van der Waals surface area contributed by atoms with Crippen LogP contribution in [0.25, 0.3) is 0 Å². The van der Waals surface area contributed by atoms with E-state index < -0.39 is 5.91 Å². The third-order valence-corrected chi connectivity index (χ3v) is 3.54. The SMILES string of the molecule is COc1cccc(C(=O)/C=C2/N=c3ncc(Br)cc3=NC2=O)c1. The van der Waals surface area contributed by atoms with Gasteiger partial charge < -0.3 is 4.74 Å². The second-order valence-electron chi connectivity index (χ2n) is 4.65. The molecule has 114 valence electrons. The summed E-state index contributed by atoms with van der Waals surface area (Å²) in [6.07, 6.45) is 2.71. The maximum absolute atomic E-state index is 12.3. The number of nitrogens with zero attached hydrogens (tertiary/aromatic N) is 3. The van der Waals surface area contributed by atoms with Crippen molar-refractivity contribution in [3.05, 3.63) is 69.2 Å². The van der Waals surface area contributed by atoms with Crippen molar-refractivity contribution >= 4 is 27.6 Å². The van der Waals surface area contributed by atoms with E-state index in [9.17, 15) is 9.59 Å². The molecular weight excluding hydrogens is 362 g/mol. The van der Waals surface area contributed by atoms with Crippen molar-refractivity contribution in [2.45, 2.75) is 0 Å². The van der Waals surface area contributed by atoms with Crippen LogP contribution in [0.15, 0.2) is 62.8 Å². The second kappa shape index (κ2) is 6.21. The molecule has 0 radical (unpaired) electrons. The highest BCUT2D eigenvalue weighted by atomic mass is 79.9. The fourth-order valence-corrected chi connectivity index (χ4v) is 2.32. The van der Waals surface area contributed by atoms with Crippen molar-refractivity contribution in [3.8, 4) is 5.75 Å². The number of hydrogen-bond donors (Lipinski definition) is 0. The standard InChI is InChI=1S/C16H10BrN3O3/c1-23-11-4-2-3-9(5-11)14(21)7-13-16(22)20-12-6-10(17)8-18-15(12)19-13/h2-8H,1H3/b13-7+. The van der Waals surface area contributed by atoms with Gasteiger partial charge in [0.1, 0.15) is 16.8 Å². The minimum atomic E-state index is -0.575. The van der Waals surface area contributed by atoms with Gasteiger partial charge in [-0.25, -0.2) is 15.0 Å². The molecule has 0 saturated heterocycles. The number of benzene rings is 1. The molecule has 0 bridgehead atoms. The molecule has 0 aliphatic carbocycles. The maximum atomic E-state index is 12.3. The molecule has 23 heavy (non-hydrogen) atoms. The number of aromatic nitrogens is 1. The molecule has 1 aromatic heterocycles. The molecule has 0 N–H and O–H groups in total. The largest absolute Gasteiger partial charge is 0.497 e. The number of fused-ring (bicyclic) bond motifs is 1. The van der Waals surface area contributed by atoms with Crippen LogP contribution in [-0.2, 0) is 4.79 Å². The van der Waals surface area contributed by atoms with E-state index in [2.05, 4.69) is 30.9 Å². The monoisotopic (exact) mass is 371 g/mol.